The minimum absolute atomic E-state index is 0.00956. The lowest BCUT2D eigenvalue weighted by Gasteiger charge is -2.35. The second-order valence-corrected chi connectivity index (χ2v) is 7.34. The number of carbonyl (C=O) groups is 1. The zero-order chi connectivity index (χ0) is 15.5. The van der Waals surface area contributed by atoms with Gasteiger partial charge in [-0.1, -0.05) is 12.8 Å². The molecule has 2 aliphatic carbocycles. The normalized spacial score (nSPS) is 38.4. The predicted octanol–water partition coefficient (Wildman–Crippen LogP) is 2.14. The molecular weight excluding hydrogens is 280 g/mol. The molecule has 0 aromatic rings. The Morgan fingerprint density at radius 2 is 2.00 bits per heavy atom. The first-order chi connectivity index (χ1) is 10.6. The number of aliphatic hydroxyl groups excluding tert-OH is 1. The first kappa shape index (κ1) is 16.1. The second-order valence-electron chi connectivity index (χ2n) is 7.34. The third-order valence-corrected chi connectivity index (χ3v) is 5.81. The quantitative estimate of drug-likeness (QED) is 0.839. The minimum atomic E-state index is -0.244. The van der Waals surface area contributed by atoms with Gasteiger partial charge in [-0.05, 0) is 38.5 Å². The van der Waals surface area contributed by atoms with E-state index in [1.807, 2.05) is 7.05 Å². The van der Waals surface area contributed by atoms with E-state index in [9.17, 15) is 9.90 Å². The maximum atomic E-state index is 12.5. The van der Waals surface area contributed by atoms with E-state index in [1.54, 1.807) is 4.90 Å². The monoisotopic (exact) mass is 310 g/mol. The number of aliphatic hydroxyl groups is 1. The SMILES string of the molecule is CN(CC1CCCCC1O)C(=O)NC1CCCC2OCCC12. The molecule has 1 saturated heterocycles. The molecule has 2 saturated carbocycles. The molecule has 5 nitrogen and oxygen atoms in total. The highest BCUT2D eigenvalue weighted by Crippen LogP contribution is 2.34. The van der Waals surface area contributed by atoms with Crippen LogP contribution in [0.15, 0.2) is 0 Å². The van der Waals surface area contributed by atoms with E-state index < -0.39 is 0 Å². The minimum Gasteiger partial charge on any atom is -0.393 e. The number of ether oxygens (including phenoxy) is 1. The molecule has 22 heavy (non-hydrogen) atoms. The third kappa shape index (κ3) is 3.57. The lowest BCUT2D eigenvalue weighted by atomic mass is 9.82. The maximum Gasteiger partial charge on any atom is 0.317 e. The number of nitrogens with one attached hydrogen (secondary N) is 1. The Morgan fingerprint density at radius 1 is 1.18 bits per heavy atom. The van der Waals surface area contributed by atoms with Gasteiger partial charge < -0.3 is 20.1 Å². The molecule has 0 radical (unpaired) electrons. The van der Waals surface area contributed by atoms with E-state index in [0.717, 1.165) is 51.6 Å². The number of carbonyl (C=O) groups excluding carboxylic acids is 1. The maximum absolute atomic E-state index is 12.5. The van der Waals surface area contributed by atoms with Crippen LogP contribution in [0.4, 0.5) is 4.79 Å². The van der Waals surface area contributed by atoms with Crippen molar-refractivity contribution in [1.29, 1.82) is 0 Å². The summed E-state index contributed by atoms with van der Waals surface area (Å²) in [7, 11) is 1.85. The molecule has 0 spiro atoms. The third-order valence-electron chi connectivity index (χ3n) is 5.81. The second kappa shape index (κ2) is 7.18. The Labute approximate surface area is 133 Å². The van der Waals surface area contributed by atoms with Gasteiger partial charge in [0.05, 0.1) is 12.2 Å². The first-order valence-corrected chi connectivity index (χ1v) is 8.96. The van der Waals surface area contributed by atoms with Crippen LogP contribution in [0, 0.1) is 11.8 Å². The molecule has 2 amide bonds. The summed E-state index contributed by atoms with van der Waals surface area (Å²) >= 11 is 0. The van der Waals surface area contributed by atoms with E-state index in [0.29, 0.717) is 18.6 Å². The molecule has 3 rings (SSSR count). The number of rotatable bonds is 3. The Balaban J connectivity index is 1.50. The molecule has 0 aromatic heterocycles. The van der Waals surface area contributed by atoms with Crippen LogP contribution in [0.3, 0.4) is 0 Å². The van der Waals surface area contributed by atoms with Crippen LogP contribution < -0.4 is 5.32 Å². The Kier molecular flexibility index (Phi) is 5.24. The molecule has 126 valence electrons. The number of nitrogens with zero attached hydrogens (tertiary/aromatic N) is 1. The number of amides is 2. The van der Waals surface area contributed by atoms with E-state index >= 15 is 0 Å². The summed E-state index contributed by atoms with van der Waals surface area (Å²) in [6.07, 6.45) is 8.70. The zero-order valence-corrected chi connectivity index (χ0v) is 13.7. The Bertz CT molecular complexity index is 390. The van der Waals surface area contributed by atoms with Gasteiger partial charge in [0.1, 0.15) is 0 Å². The topological polar surface area (TPSA) is 61.8 Å². The predicted molar refractivity (Wildman–Crippen MR) is 84.6 cm³/mol. The van der Waals surface area contributed by atoms with E-state index in [1.165, 1.54) is 6.42 Å². The lowest BCUT2D eigenvalue weighted by Crippen LogP contribution is -2.51. The Hall–Kier alpha value is -0.810. The van der Waals surface area contributed by atoms with Crippen LogP contribution in [0.25, 0.3) is 0 Å². The van der Waals surface area contributed by atoms with E-state index in [4.69, 9.17) is 4.74 Å². The highest BCUT2D eigenvalue weighted by atomic mass is 16.5. The van der Waals surface area contributed by atoms with Crippen molar-refractivity contribution in [2.45, 2.75) is 69.6 Å². The highest BCUT2D eigenvalue weighted by molar-refractivity contribution is 5.74. The van der Waals surface area contributed by atoms with E-state index in [-0.39, 0.29) is 24.1 Å². The summed E-state index contributed by atoms with van der Waals surface area (Å²) in [5.74, 6) is 0.727. The highest BCUT2D eigenvalue weighted by Gasteiger charge is 2.38. The van der Waals surface area contributed by atoms with Crippen LogP contribution in [0.5, 0.6) is 0 Å². The molecule has 1 heterocycles. The smallest absolute Gasteiger partial charge is 0.317 e. The fourth-order valence-corrected chi connectivity index (χ4v) is 4.46. The van der Waals surface area contributed by atoms with Crippen molar-refractivity contribution in [2.24, 2.45) is 11.8 Å². The standard InChI is InChI=1S/C17H30N2O3/c1-19(11-12-5-2-3-7-15(12)20)17(21)18-14-6-4-8-16-13(14)9-10-22-16/h12-16,20H,2-11H2,1H3,(H,18,21). The van der Waals surface area contributed by atoms with Gasteiger partial charge in [-0.15, -0.1) is 0 Å². The molecule has 3 fully saturated rings. The van der Waals surface area contributed by atoms with Crippen LogP contribution in [0.1, 0.15) is 51.4 Å². The van der Waals surface area contributed by atoms with Gasteiger partial charge in [-0.25, -0.2) is 4.79 Å². The summed E-state index contributed by atoms with van der Waals surface area (Å²) in [5.41, 5.74) is 0. The molecule has 5 heteroatoms. The largest absolute Gasteiger partial charge is 0.393 e. The molecular formula is C17H30N2O3. The number of fused-ring (bicyclic) bond motifs is 1. The van der Waals surface area contributed by atoms with Crippen molar-refractivity contribution < 1.29 is 14.6 Å². The van der Waals surface area contributed by atoms with Gasteiger partial charge in [-0.3, -0.25) is 0 Å². The van der Waals surface area contributed by atoms with Crippen LogP contribution in [-0.2, 0) is 4.74 Å². The van der Waals surface area contributed by atoms with Gasteiger partial charge in [0, 0.05) is 38.1 Å². The average molecular weight is 310 g/mol. The molecule has 0 bridgehead atoms. The van der Waals surface area contributed by atoms with Crippen molar-refractivity contribution in [3.63, 3.8) is 0 Å². The molecule has 1 aliphatic heterocycles. The molecule has 5 unspecified atom stereocenters. The van der Waals surface area contributed by atoms with Gasteiger partial charge >= 0.3 is 6.03 Å². The molecule has 5 atom stereocenters. The van der Waals surface area contributed by atoms with Gasteiger partial charge in [0.15, 0.2) is 0 Å². The first-order valence-electron chi connectivity index (χ1n) is 8.96. The average Bonchev–Trinajstić information content (AvgIpc) is 2.99. The number of hydrogen-bond donors (Lipinski definition) is 2. The number of urea groups is 1. The van der Waals surface area contributed by atoms with Crippen molar-refractivity contribution in [2.75, 3.05) is 20.2 Å². The molecule has 0 aromatic carbocycles. The fourth-order valence-electron chi connectivity index (χ4n) is 4.46. The van der Waals surface area contributed by atoms with Gasteiger partial charge in [0.2, 0.25) is 0 Å². The van der Waals surface area contributed by atoms with Crippen molar-refractivity contribution in [3.8, 4) is 0 Å². The van der Waals surface area contributed by atoms with Crippen molar-refractivity contribution in [3.05, 3.63) is 0 Å². The summed E-state index contributed by atoms with van der Waals surface area (Å²) in [6, 6.07) is 0.266. The van der Waals surface area contributed by atoms with Crippen molar-refractivity contribution >= 4 is 6.03 Å². The van der Waals surface area contributed by atoms with Gasteiger partial charge in [0.25, 0.3) is 0 Å². The van der Waals surface area contributed by atoms with Crippen LogP contribution in [-0.4, -0.2) is 54.5 Å². The Morgan fingerprint density at radius 3 is 2.82 bits per heavy atom. The van der Waals surface area contributed by atoms with Crippen molar-refractivity contribution in [1.82, 2.24) is 10.2 Å². The van der Waals surface area contributed by atoms with Crippen LogP contribution in [0.2, 0.25) is 0 Å². The summed E-state index contributed by atoms with van der Waals surface area (Å²) < 4.78 is 5.77. The van der Waals surface area contributed by atoms with Gasteiger partial charge in [-0.2, -0.15) is 0 Å². The lowest BCUT2D eigenvalue weighted by molar-refractivity contribution is 0.0491. The summed E-state index contributed by atoms with van der Waals surface area (Å²) in [5, 5.41) is 13.3. The summed E-state index contributed by atoms with van der Waals surface area (Å²) in [4.78, 5) is 14.2. The molecule has 2 N–H and O–H groups in total. The van der Waals surface area contributed by atoms with Crippen LogP contribution >= 0.6 is 0 Å². The molecule has 3 aliphatic rings. The zero-order valence-electron chi connectivity index (χ0n) is 13.7. The summed E-state index contributed by atoms with van der Waals surface area (Å²) in [6.45, 7) is 1.50. The number of hydrogen-bond acceptors (Lipinski definition) is 3. The fraction of sp³-hybridized carbons (Fsp3) is 0.941. The van der Waals surface area contributed by atoms with E-state index in [2.05, 4.69) is 5.32 Å².